The summed E-state index contributed by atoms with van der Waals surface area (Å²) in [6, 6.07) is 8.79. The maximum atomic E-state index is 4.84. The number of hydrogen-bond acceptors (Lipinski definition) is 6. The molecule has 1 aromatic carbocycles. The van der Waals surface area contributed by atoms with Crippen molar-refractivity contribution in [3.05, 3.63) is 46.2 Å². The summed E-state index contributed by atoms with van der Waals surface area (Å²) in [4.78, 5) is 12.2. The van der Waals surface area contributed by atoms with Gasteiger partial charge in [0, 0.05) is 0 Å². The molecule has 0 saturated carbocycles. The predicted molar refractivity (Wildman–Crippen MR) is 109 cm³/mol. The van der Waals surface area contributed by atoms with E-state index in [1.54, 1.807) is 45.3 Å². The highest BCUT2D eigenvalue weighted by atomic mass is 32.1. The van der Waals surface area contributed by atoms with Crippen LogP contribution < -0.4 is 0 Å². The summed E-state index contributed by atoms with van der Waals surface area (Å²) >= 11 is 7.03. The number of hydrogen-bond donors (Lipinski definition) is 0. The minimum atomic E-state index is 1.08. The average Bonchev–Trinajstić information content (AvgIpc) is 3.29. The smallest absolute Gasteiger partial charge is 0.134 e. The van der Waals surface area contributed by atoms with Crippen molar-refractivity contribution in [1.29, 1.82) is 0 Å². The fourth-order valence-electron chi connectivity index (χ4n) is 2.65. The van der Waals surface area contributed by atoms with E-state index in [1.165, 1.54) is 30.3 Å². The molecule has 4 aromatic heterocycles. The lowest BCUT2D eigenvalue weighted by molar-refractivity contribution is 1.48. The van der Waals surface area contributed by atoms with Gasteiger partial charge in [-0.1, -0.05) is 0 Å². The zero-order valence-corrected chi connectivity index (χ0v) is 16.3. The Balaban J connectivity index is 1.64. The molecule has 24 heavy (non-hydrogen) atoms. The van der Waals surface area contributed by atoms with Crippen molar-refractivity contribution in [2.75, 3.05) is 0 Å². The molecule has 118 valence electrons. The van der Waals surface area contributed by atoms with Gasteiger partial charge in [0.2, 0.25) is 0 Å². The van der Waals surface area contributed by atoms with Crippen LogP contribution in [-0.4, -0.2) is 9.97 Å². The van der Waals surface area contributed by atoms with Crippen LogP contribution in [0.2, 0.25) is 0 Å². The molecule has 0 unspecified atom stereocenters. The number of nitrogens with zero attached hydrogens (tertiary/aromatic N) is 2. The lowest BCUT2D eigenvalue weighted by Gasteiger charge is -1.86. The van der Waals surface area contributed by atoms with E-state index < -0.39 is 0 Å². The first-order valence-electron chi connectivity index (χ1n) is 7.48. The topological polar surface area (TPSA) is 25.8 Å². The zero-order valence-electron chi connectivity index (χ0n) is 13.0. The van der Waals surface area contributed by atoms with Crippen molar-refractivity contribution in [3.63, 3.8) is 0 Å². The number of benzene rings is 1. The first-order valence-corrected chi connectivity index (χ1v) is 10.9. The average molecular weight is 385 g/mol. The lowest BCUT2D eigenvalue weighted by Crippen LogP contribution is -1.71. The molecule has 4 heterocycles. The van der Waals surface area contributed by atoms with Gasteiger partial charge in [0.1, 0.15) is 10.0 Å². The van der Waals surface area contributed by atoms with Crippen LogP contribution in [0.5, 0.6) is 0 Å². The van der Waals surface area contributed by atoms with Crippen LogP contribution in [-0.2, 0) is 0 Å². The number of thiazole rings is 2. The standard InChI is InChI=1S/C18H12N2S4/c1-9-3-15(21-7-9)17-19-11-5-14-12(6-13(11)23-17)20-18(24-14)16-4-10(2)8-22-16/h3-8H,1-2H3. The Hall–Kier alpha value is -1.60. The summed E-state index contributed by atoms with van der Waals surface area (Å²) in [6.45, 7) is 4.25. The highest BCUT2D eigenvalue weighted by Gasteiger charge is 2.13. The van der Waals surface area contributed by atoms with E-state index >= 15 is 0 Å². The highest BCUT2D eigenvalue weighted by molar-refractivity contribution is 7.26. The van der Waals surface area contributed by atoms with Gasteiger partial charge >= 0.3 is 0 Å². The number of aryl methyl sites for hydroxylation is 2. The van der Waals surface area contributed by atoms with Gasteiger partial charge in [-0.05, 0) is 60.0 Å². The van der Waals surface area contributed by atoms with Crippen LogP contribution >= 0.6 is 45.3 Å². The largest absolute Gasteiger partial charge is 0.235 e. The summed E-state index contributed by atoms with van der Waals surface area (Å²) in [6.07, 6.45) is 0. The molecule has 5 rings (SSSR count). The van der Waals surface area contributed by atoms with E-state index in [-0.39, 0.29) is 0 Å². The Morgan fingerprint density at radius 3 is 1.50 bits per heavy atom. The van der Waals surface area contributed by atoms with Gasteiger partial charge < -0.3 is 0 Å². The molecule has 0 amide bonds. The minimum Gasteiger partial charge on any atom is -0.235 e. The van der Waals surface area contributed by atoms with E-state index in [0.717, 1.165) is 21.0 Å². The summed E-state index contributed by atoms with van der Waals surface area (Å²) in [7, 11) is 0. The molecule has 0 atom stereocenters. The van der Waals surface area contributed by atoms with Crippen LogP contribution in [0.4, 0.5) is 0 Å². The number of fused-ring (bicyclic) bond motifs is 2. The Morgan fingerprint density at radius 1 is 0.667 bits per heavy atom. The number of thiophene rings is 2. The van der Waals surface area contributed by atoms with E-state index in [0.29, 0.717) is 0 Å². The van der Waals surface area contributed by atoms with Crippen molar-refractivity contribution >= 4 is 65.8 Å². The van der Waals surface area contributed by atoms with E-state index in [2.05, 4.69) is 48.9 Å². The van der Waals surface area contributed by atoms with Crippen LogP contribution in [0.15, 0.2) is 35.0 Å². The van der Waals surface area contributed by atoms with Crippen LogP contribution in [0, 0.1) is 13.8 Å². The molecule has 2 nitrogen and oxygen atoms in total. The molecule has 0 spiro atoms. The Bertz CT molecular complexity index is 1050. The van der Waals surface area contributed by atoms with Gasteiger partial charge in [0.25, 0.3) is 0 Å². The third-order valence-electron chi connectivity index (χ3n) is 3.78. The molecule has 0 radical (unpaired) electrons. The Morgan fingerprint density at radius 2 is 1.12 bits per heavy atom. The Labute approximate surface area is 155 Å². The molecule has 0 N–H and O–H groups in total. The van der Waals surface area contributed by atoms with Crippen molar-refractivity contribution in [2.24, 2.45) is 0 Å². The molecule has 0 bridgehead atoms. The van der Waals surface area contributed by atoms with Crippen molar-refractivity contribution in [3.8, 4) is 19.8 Å². The van der Waals surface area contributed by atoms with Crippen molar-refractivity contribution < 1.29 is 0 Å². The molecule has 0 aliphatic carbocycles. The molecule has 0 saturated heterocycles. The summed E-state index contributed by atoms with van der Waals surface area (Å²) in [5, 5.41) is 6.57. The third kappa shape index (κ3) is 2.41. The third-order valence-corrected chi connectivity index (χ3v) is 8.25. The molecule has 0 aliphatic rings. The van der Waals surface area contributed by atoms with Crippen molar-refractivity contribution in [1.82, 2.24) is 9.97 Å². The summed E-state index contributed by atoms with van der Waals surface area (Å²) < 4.78 is 2.42. The van der Waals surface area contributed by atoms with Gasteiger partial charge in [-0.15, -0.1) is 45.3 Å². The molecule has 6 heteroatoms. The molecular weight excluding hydrogens is 372 g/mol. The second-order valence-electron chi connectivity index (χ2n) is 5.80. The van der Waals surface area contributed by atoms with Gasteiger partial charge in [0.05, 0.1) is 30.2 Å². The fraction of sp³-hybridized carbons (Fsp3) is 0.111. The van der Waals surface area contributed by atoms with Gasteiger partial charge in [0.15, 0.2) is 0 Å². The van der Waals surface area contributed by atoms with Crippen LogP contribution in [0.1, 0.15) is 11.1 Å². The maximum absolute atomic E-state index is 4.84. The van der Waals surface area contributed by atoms with Crippen LogP contribution in [0.3, 0.4) is 0 Å². The van der Waals surface area contributed by atoms with E-state index in [1.807, 2.05) is 0 Å². The second kappa shape index (κ2) is 5.46. The Kier molecular flexibility index (Phi) is 3.35. The normalized spacial score (nSPS) is 11.8. The molecule has 0 aliphatic heterocycles. The van der Waals surface area contributed by atoms with E-state index in [4.69, 9.17) is 9.97 Å². The number of aromatic nitrogens is 2. The van der Waals surface area contributed by atoms with E-state index in [9.17, 15) is 0 Å². The van der Waals surface area contributed by atoms with Gasteiger partial charge in [-0.2, -0.15) is 0 Å². The number of rotatable bonds is 2. The quantitative estimate of drug-likeness (QED) is 0.328. The molecule has 0 fully saturated rings. The van der Waals surface area contributed by atoms with Crippen molar-refractivity contribution in [2.45, 2.75) is 13.8 Å². The first-order chi connectivity index (χ1) is 11.7. The molecule has 5 aromatic rings. The monoisotopic (exact) mass is 384 g/mol. The maximum Gasteiger partial charge on any atom is 0.134 e. The minimum absolute atomic E-state index is 1.08. The van der Waals surface area contributed by atoms with Crippen LogP contribution in [0.25, 0.3) is 40.2 Å². The molecular formula is C18H12N2S4. The summed E-state index contributed by atoms with van der Waals surface area (Å²) in [5.74, 6) is 0. The van der Waals surface area contributed by atoms with Gasteiger partial charge in [-0.25, -0.2) is 9.97 Å². The highest BCUT2D eigenvalue weighted by Crippen LogP contribution is 2.39. The zero-order chi connectivity index (χ0) is 16.3. The van der Waals surface area contributed by atoms with Gasteiger partial charge in [-0.3, -0.25) is 0 Å². The second-order valence-corrected chi connectivity index (χ2v) is 9.69. The lowest BCUT2D eigenvalue weighted by atomic mass is 10.3. The first kappa shape index (κ1) is 14.7. The predicted octanol–water partition coefficient (Wildman–Crippen LogP) is 6.98. The summed E-state index contributed by atoms with van der Waals surface area (Å²) in [5.41, 5.74) is 4.75. The fourth-order valence-corrected chi connectivity index (χ4v) is 6.53. The SMILES string of the molecule is Cc1csc(-c2nc3cc4sc(-c5cc(C)cs5)nc4cc3s2)c1.